The van der Waals surface area contributed by atoms with E-state index in [2.05, 4.69) is 29.7 Å². The molecule has 0 spiro atoms. The van der Waals surface area contributed by atoms with E-state index in [0.29, 0.717) is 0 Å². The quantitative estimate of drug-likeness (QED) is 0.837. The van der Waals surface area contributed by atoms with E-state index in [1.54, 1.807) is 6.92 Å². The van der Waals surface area contributed by atoms with Gasteiger partial charge in [0.15, 0.2) is 0 Å². The minimum absolute atomic E-state index is 0.288. The zero-order chi connectivity index (χ0) is 14.6. The highest BCUT2D eigenvalue weighted by molar-refractivity contribution is 8.00. The molecule has 0 aromatic heterocycles. The van der Waals surface area contributed by atoms with E-state index in [1.807, 2.05) is 13.8 Å². The molecule has 0 saturated heterocycles. The minimum atomic E-state index is -0.477. The van der Waals surface area contributed by atoms with Gasteiger partial charge in [0.2, 0.25) is 5.91 Å². The number of amides is 3. The van der Waals surface area contributed by atoms with Crippen molar-refractivity contribution in [2.45, 2.75) is 37.8 Å². The highest BCUT2D eigenvalue weighted by Crippen LogP contribution is 2.30. The fourth-order valence-electron chi connectivity index (χ4n) is 1.86. The Balaban J connectivity index is 2.80. The molecule has 0 heterocycles. The Morgan fingerprint density at radius 1 is 1.16 bits per heavy atom. The van der Waals surface area contributed by atoms with Crippen LogP contribution < -0.4 is 10.6 Å². The largest absolute Gasteiger partial charge is 0.341 e. The summed E-state index contributed by atoms with van der Waals surface area (Å²) in [6, 6.07) is 3.71. The molecule has 0 aliphatic rings. The van der Waals surface area contributed by atoms with Gasteiger partial charge in [-0.1, -0.05) is 17.7 Å². The molecule has 0 fully saturated rings. The van der Waals surface area contributed by atoms with Crippen LogP contribution in [0.25, 0.3) is 0 Å². The van der Waals surface area contributed by atoms with Gasteiger partial charge < -0.3 is 5.32 Å². The van der Waals surface area contributed by atoms with E-state index >= 15 is 0 Å². The molecular formula is C14H20N2O2S. The van der Waals surface area contributed by atoms with E-state index in [9.17, 15) is 9.59 Å². The first-order valence-electron chi connectivity index (χ1n) is 6.12. The van der Waals surface area contributed by atoms with Crippen molar-refractivity contribution in [2.24, 2.45) is 0 Å². The summed E-state index contributed by atoms with van der Waals surface area (Å²) in [7, 11) is 1.48. The highest BCUT2D eigenvalue weighted by Gasteiger charge is 2.18. The molecule has 0 aliphatic carbocycles. The molecule has 3 amide bonds. The second-order valence-electron chi connectivity index (χ2n) is 4.56. The number of hydrogen-bond donors (Lipinski definition) is 2. The molecule has 0 aliphatic heterocycles. The maximum atomic E-state index is 11.8. The molecule has 4 nitrogen and oxygen atoms in total. The fraction of sp³-hybridized carbons (Fsp3) is 0.429. The highest BCUT2D eigenvalue weighted by atomic mass is 32.2. The third kappa shape index (κ3) is 4.28. The van der Waals surface area contributed by atoms with Crippen molar-refractivity contribution in [3.05, 3.63) is 28.8 Å². The summed E-state index contributed by atoms with van der Waals surface area (Å²) in [4.78, 5) is 24.0. The van der Waals surface area contributed by atoms with Crippen molar-refractivity contribution < 1.29 is 9.59 Å². The maximum Gasteiger partial charge on any atom is 0.321 e. The fourth-order valence-corrected chi connectivity index (χ4v) is 2.87. The number of rotatable bonds is 3. The number of imide groups is 1. The van der Waals surface area contributed by atoms with Gasteiger partial charge in [0.25, 0.3) is 0 Å². The van der Waals surface area contributed by atoms with Crippen molar-refractivity contribution in [1.82, 2.24) is 10.6 Å². The SMILES string of the molecule is CNC(=O)NC(=O)[C@@H](C)Sc1c(C)cc(C)cc1C. The molecule has 1 aromatic carbocycles. The Bertz CT molecular complexity index is 477. The number of nitrogens with one attached hydrogen (secondary N) is 2. The zero-order valence-corrected chi connectivity index (χ0v) is 12.8. The normalized spacial score (nSPS) is 11.8. The molecule has 5 heteroatoms. The van der Waals surface area contributed by atoms with Gasteiger partial charge in [-0.2, -0.15) is 0 Å². The van der Waals surface area contributed by atoms with E-state index in [0.717, 1.165) is 16.0 Å². The average molecular weight is 280 g/mol. The second kappa shape index (κ2) is 6.61. The van der Waals surface area contributed by atoms with E-state index < -0.39 is 6.03 Å². The number of carbonyl (C=O) groups excluding carboxylic acids is 2. The van der Waals surface area contributed by atoms with Crippen LogP contribution in [-0.2, 0) is 4.79 Å². The molecule has 0 bridgehead atoms. The predicted molar refractivity (Wildman–Crippen MR) is 78.6 cm³/mol. The minimum Gasteiger partial charge on any atom is -0.341 e. The monoisotopic (exact) mass is 280 g/mol. The Morgan fingerprint density at radius 2 is 1.68 bits per heavy atom. The van der Waals surface area contributed by atoms with Crippen molar-refractivity contribution in [2.75, 3.05) is 7.05 Å². The van der Waals surface area contributed by atoms with Crippen LogP contribution in [0.2, 0.25) is 0 Å². The summed E-state index contributed by atoms with van der Waals surface area (Å²) < 4.78 is 0. The van der Waals surface area contributed by atoms with Crippen LogP contribution in [0.3, 0.4) is 0 Å². The summed E-state index contributed by atoms with van der Waals surface area (Å²) in [5.74, 6) is -0.288. The number of urea groups is 1. The van der Waals surface area contributed by atoms with Crippen LogP contribution in [-0.4, -0.2) is 24.2 Å². The molecule has 1 aromatic rings. The zero-order valence-electron chi connectivity index (χ0n) is 12.0. The predicted octanol–water partition coefficient (Wildman–Crippen LogP) is 2.55. The summed E-state index contributed by atoms with van der Waals surface area (Å²) in [6.07, 6.45) is 0. The van der Waals surface area contributed by atoms with E-state index in [-0.39, 0.29) is 11.2 Å². The van der Waals surface area contributed by atoms with Crippen molar-refractivity contribution in [3.8, 4) is 0 Å². The lowest BCUT2D eigenvalue weighted by molar-refractivity contribution is -0.119. The average Bonchev–Trinajstić information content (AvgIpc) is 2.32. The van der Waals surface area contributed by atoms with Gasteiger partial charge in [-0.15, -0.1) is 11.8 Å². The molecular weight excluding hydrogens is 260 g/mol. The first-order chi connectivity index (χ1) is 8.85. The molecule has 0 saturated carbocycles. The van der Waals surface area contributed by atoms with E-state index in [4.69, 9.17) is 0 Å². The Kier molecular flexibility index (Phi) is 5.42. The van der Waals surface area contributed by atoms with Crippen LogP contribution in [0, 0.1) is 20.8 Å². The summed E-state index contributed by atoms with van der Waals surface area (Å²) in [6.45, 7) is 7.91. The number of carbonyl (C=O) groups is 2. The summed E-state index contributed by atoms with van der Waals surface area (Å²) >= 11 is 1.47. The molecule has 0 unspecified atom stereocenters. The third-order valence-electron chi connectivity index (χ3n) is 2.73. The van der Waals surface area contributed by atoms with Gasteiger partial charge in [-0.3, -0.25) is 10.1 Å². The molecule has 0 radical (unpaired) electrons. The van der Waals surface area contributed by atoms with Gasteiger partial charge in [0, 0.05) is 11.9 Å². The molecule has 1 atom stereocenters. The van der Waals surface area contributed by atoms with Gasteiger partial charge in [-0.05, 0) is 38.8 Å². The lowest BCUT2D eigenvalue weighted by Gasteiger charge is -2.15. The smallest absolute Gasteiger partial charge is 0.321 e. The molecule has 19 heavy (non-hydrogen) atoms. The number of thioether (sulfide) groups is 1. The van der Waals surface area contributed by atoms with E-state index in [1.165, 1.54) is 24.4 Å². The lowest BCUT2D eigenvalue weighted by atomic mass is 10.1. The Hall–Kier alpha value is -1.49. The Morgan fingerprint density at radius 3 is 2.16 bits per heavy atom. The number of hydrogen-bond acceptors (Lipinski definition) is 3. The number of benzene rings is 1. The molecule has 104 valence electrons. The first-order valence-corrected chi connectivity index (χ1v) is 7.00. The van der Waals surface area contributed by atoms with Crippen LogP contribution in [0.15, 0.2) is 17.0 Å². The molecule has 1 rings (SSSR count). The number of aryl methyl sites for hydroxylation is 3. The lowest BCUT2D eigenvalue weighted by Crippen LogP contribution is -2.41. The van der Waals surface area contributed by atoms with Gasteiger partial charge >= 0.3 is 6.03 Å². The van der Waals surface area contributed by atoms with Gasteiger partial charge in [0.1, 0.15) is 0 Å². The Labute approximate surface area is 118 Å². The maximum absolute atomic E-state index is 11.8. The second-order valence-corrected chi connectivity index (χ2v) is 5.91. The molecule has 2 N–H and O–H groups in total. The van der Waals surface area contributed by atoms with Crippen molar-refractivity contribution in [1.29, 1.82) is 0 Å². The van der Waals surface area contributed by atoms with Gasteiger partial charge in [0.05, 0.1) is 5.25 Å². The van der Waals surface area contributed by atoms with Crippen LogP contribution >= 0.6 is 11.8 Å². The summed E-state index contributed by atoms with van der Waals surface area (Å²) in [5.41, 5.74) is 3.52. The van der Waals surface area contributed by atoms with Crippen LogP contribution in [0.1, 0.15) is 23.6 Å². The topological polar surface area (TPSA) is 58.2 Å². The van der Waals surface area contributed by atoms with Crippen molar-refractivity contribution >= 4 is 23.7 Å². The first kappa shape index (κ1) is 15.6. The van der Waals surface area contributed by atoms with Crippen molar-refractivity contribution in [3.63, 3.8) is 0 Å². The van der Waals surface area contributed by atoms with Crippen LogP contribution in [0.4, 0.5) is 4.79 Å². The standard InChI is InChI=1S/C14H20N2O2S/c1-8-6-9(2)12(10(3)7-8)19-11(4)13(17)16-14(18)15-5/h6-7,11H,1-5H3,(H2,15,16,17,18)/t11-/m1/s1. The third-order valence-corrected chi connectivity index (χ3v) is 4.18. The summed E-state index contributed by atoms with van der Waals surface area (Å²) in [5, 5.41) is 4.33. The van der Waals surface area contributed by atoms with Crippen LogP contribution in [0.5, 0.6) is 0 Å². The van der Waals surface area contributed by atoms with Gasteiger partial charge in [-0.25, -0.2) is 4.79 Å².